The smallest absolute Gasteiger partial charge is 0.252 e. The first-order valence-electron chi connectivity index (χ1n) is 2.24. The molecule has 1 unspecified atom stereocenters. The van der Waals surface area contributed by atoms with Gasteiger partial charge in [-0.2, -0.15) is 0 Å². The molecule has 0 fully saturated rings. The van der Waals surface area contributed by atoms with Gasteiger partial charge in [-0.05, 0) is 5.22 Å². The summed E-state index contributed by atoms with van der Waals surface area (Å²) in [5.74, 6) is -0.569. The second-order valence-electron chi connectivity index (χ2n) is 1.53. The Morgan fingerprint density at radius 1 is 1.67 bits per heavy atom. The highest BCUT2D eigenvalue weighted by molar-refractivity contribution is 6.06. The van der Waals surface area contributed by atoms with Gasteiger partial charge in [-0.25, -0.2) is 0 Å². The van der Waals surface area contributed by atoms with Crippen LogP contribution in [0.1, 0.15) is 0 Å². The molecule has 0 spiro atoms. The van der Waals surface area contributed by atoms with Crippen molar-refractivity contribution in [3.63, 3.8) is 0 Å². The minimum absolute atomic E-state index is 0.0579. The predicted molar refractivity (Wildman–Crippen MR) is 29.5 cm³/mol. The Hall–Kier alpha value is -1.46. The van der Waals surface area contributed by atoms with E-state index in [0.717, 1.165) is 0 Å². The lowest BCUT2D eigenvalue weighted by Crippen LogP contribution is -2.36. The van der Waals surface area contributed by atoms with Crippen molar-refractivity contribution in [1.29, 1.82) is 0 Å². The van der Waals surface area contributed by atoms with Crippen LogP contribution in [0.3, 0.4) is 0 Å². The Morgan fingerprint density at radius 2 is 2.33 bits per heavy atom. The van der Waals surface area contributed by atoms with E-state index in [2.05, 4.69) is 15.4 Å². The van der Waals surface area contributed by atoms with E-state index >= 15 is 0 Å². The third-order valence-electron chi connectivity index (χ3n) is 0.877. The molecule has 1 aliphatic rings. The van der Waals surface area contributed by atoms with E-state index in [-0.39, 0.29) is 5.84 Å². The van der Waals surface area contributed by atoms with Crippen molar-refractivity contribution in [2.24, 2.45) is 26.9 Å². The lowest BCUT2D eigenvalue weighted by atomic mass is 10.3. The average Bonchev–Trinajstić information content (AvgIpc) is 2.13. The molecule has 0 radical (unpaired) electrons. The summed E-state index contributed by atoms with van der Waals surface area (Å²) in [7, 11) is 0. The summed E-state index contributed by atoms with van der Waals surface area (Å²) < 4.78 is 0. The predicted octanol–water partition coefficient (Wildman–Crippen LogP) is -1.42. The van der Waals surface area contributed by atoms with E-state index in [9.17, 15) is 4.79 Å². The number of rotatable bonds is 1. The molecule has 4 N–H and O–H groups in total. The zero-order chi connectivity index (χ0) is 6.85. The summed E-state index contributed by atoms with van der Waals surface area (Å²) in [5, 5.41) is 9.78. The highest BCUT2D eigenvalue weighted by Crippen LogP contribution is 1.99. The van der Waals surface area contributed by atoms with Crippen LogP contribution in [0, 0.1) is 0 Å². The summed E-state index contributed by atoms with van der Waals surface area (Å²) in [4.78, 5) is 10.3. The molecule has 1 atom stereocenters. The van der Waals surface area contributed by atoms with Gasteiger partial charge in [0.2, 0.25) is 6.04 Å². The lowest BCUT2D eigenvalue weighted by Gasteiger charge is -1.95. The van der Waals surface area contributed by atoms with Crippen molar-refractivity contribution in [2.75, 3.05) is 0 Å². The van der Waals surface area contributed by atoms with Crippen LogP contribution < -0.4 is 11.5 Å². The number of hydrogen-bond donors (Lipinski definition) is 2. The molecule has 6 heteroatoms. The van der Waals surface area contributed by atoms with Gasteiger partial charge in [0.25, 0.3) is 5.91 Å². The van der Waals surface area contributed by atoms with Crippen LogP contribution >= 0.6 is 0 Å². The summed E-state index contributed by atoms with van der Waals surface area (Å²) in [5.41, 5.74) is 9.98. The van der Waals surface area contributed by atoms with E-state index in [0.29, 0.717) is 0 Å². The first kappa shape index (κ1) is 5.67. The quantitative estimate of drug-likeness (QED) is 0.451. The first-order chi connectivity index (χ1) is 4.22. The molecule has 48 valence electrons. The topological polar surface area (TPSA) is 106 Å². The molecule has 0 aromatic carbocycles. The van der Waals surface area contributed by atoms with Crippen molar-refractivity contribution in [3.8, 4) is 0 Å². The van der Waals surface area contributed by atoms with E-state index in [1.54, 1.807) is 0 Å². The normalized spacial score (nSPS) is 24.0. The Morgan fingerprint density at radius 3 is 2.56 bits per heavy atom. The molecule has 0 aromatic rings. The second kappa shape index (κ2) is 1.81. The summed E-state index contributed by atoms with van der Waals surface area (Å²) >= 11 is 0. The number of nitrogens with two attached hydrogens (primary N) is 2. The van der Waals surface area contributed by atoms with E-state index in [1.807, 2.05) is 0 Å². The van der Waals surface area contributed by atoms with Gasteiger partial charge in [0.1, 0.15) is 0 Å². The molecule has 1 aliphatic heterocycles. The van der Waals surface area contributed by atoms with Gasteiger partial charge in [-0.1, -0.05) is 0 Å². The molecule has 9 heavy (non-hydrogen) atoms. The van der Waals surface area contributed by atoms with Crippen LogP contribution in [0.15, 0.2) is 15.4 Å². The molecule has 1 heterocycles. The van der Waals surface area contributed by atoms with Crippen LogP contribution in [-0.2, 0) is 4.79 Å². The molecule has 6 nitrogen and oxygen atoms in total. The van der Waals surface area contributed by atoms with Crippen LogP contribution in [-0.4, -0.2) is 17.8 Å². The van der Waals surface area contributed by atoms with Gasteiger partial charge in [-0.15, -0.1) is 10.2 Å². The van der Waals surface area contributed by atoms with Crippen molar-refractivity contribution < 1.29 is 4.79 Å². The molecule has 0 saturated carbocycles. The maximum Gasteiger partial charge on any atom is 0.252 e. The minimum Gasteiger partial charge on any atom is -0.383 e. The molecular formula is C3H5N5O. The average molecular weight is 127 g/mol. The number of carbonyl (C=O) groups excluding carboxylic acids is 1. The van der Waals surface area contributed by atoms with Crippen molar-refractivity contribution >= 4 is 11.7 Å². The first-order valence-corrected chi connectivity index (χ1v) is 2.24. The Labute approximate surface area is 50.6 Å². The van der Waals surface area contributed by atoms with Crippen molar-refractivity contribution in [2.45, 2.75) is 6.04 Å². The number of amides is 1. The fourth-order valence-electron chi connectivity index (χ4n) is 0.446. The second-order valence-corrected chi connectivity index (χ2v) is 1.53. The Bertz CT molecular complexity index is 194. The molecule has 0 aromatic heterocycles. The van der Waals surface area contributed by atoms with Gasteiger partial charge in [0.05, 0.1) is 0 Å². The van der Waals surface area contributed by atoms with Gasteiger partial charge < -0.3 is 11.5 Å². The Kier molecular flexibility index (Phi) is 1.14. The van der Waals surface area contributed by atoms with Crippen molar-refractivity contribution in [1.82, 2.24) is 0 Å². The largest absolute Gasteiger partial charge is 0.383 e. The molecule has 0 saturated heterocycles. The minimum atomic E-state index is -0.843. The van der Waals surface area contributed by atoms with Crippen LogP contribution in [0.2, 0.25) is 0 Å². The highest BCUT2D eigenvalue weighted by atomic mass is 16.1. The SMILES string of the molecule is NC(=O)C1N=NN=C1N. The van der Waals surface area contributed by atoms with Gasteiger partial charge >= 0.3 is 0 Å². The van der Waals surface area contributed by atoms with Gasteiger partial charge in [0.15, 0.2) is 5.84 Å². The van der Waals surface area contributed by atoms with Gasteiger partial charge in [0, 0.05) is 0 Å². The van der Waals surface area contributed by atoms with Crippen LogP contribution in [0.4, 0.5) is 0 Å². The molecule has 0 aliphatic carbocycles. The fourth-order valence-corrected chi connectivity index (χ4v) is 0.446. The molecule has 0 bridgehead atoms. The number of carbonyl (C=O) groups is 1. The zero-order valence-electron chi connectivity index (χ0n) is 4.48. The number of amidine groups is 1. The number of hydrogen-bond acceptors (Lipinski definition) is 5. The van der Waals surface area contributed by atoms with E-state index in [4.69, 9.17) is 11.5 Å². The summed E-state index contributed by atoms with van der Waals surface area (Å²) in [6, 6.07) is -0.843. The number of nitrogens with zero attached hydrogens (tertiary/aromatic N) is 3. The van der Waals surface area contributed by atoms with Crippen LogP contribution in [0.25, 0.3) is 0 Å². The van der Waals surface area contributed by atoms with E-state index in [1.165, 1.54) is 0 Å². The molecule has 1 rings (SSSR count). The third kappa shape index (κ3) is 0.857. The summed E-state index contributed by atoms with van der Waals surface area (Å²) in [6.07, 6.45) is 0. The van der Waals surface area contributed by atoms with E-state index < -0.39 is 11.9 Å². The molecule has 1 amide bonds. The van der Waals surface area contributed by atoms with Gasteiger partial charge in [-0.3, -0.25) is 4.79 Å². The monoisotopic (exact) mass is 127 g/mol. The maximum absolute atomic E-state index is 10.3. The van der Waals surface area contributed by atoms with Crippen LogP contribution in [0.5, 0.6) is 0 Å². The maximum atomic E-state index is 10.3. The zero-order valence-corrected chi connectivity index (χ0v) is 4.48. The fraction of sp³-hybridized carbons (Fsp3) is 0.333. The third-order valence-corrected chi connectivity index (χ3v) is 0.877. The lowest BCUT2D eigenvalue weighted by molar-refractivity contribution is -0.117. The number of primary amides is 1. The standard InChI is InChI=1S/C3H5N5O/c4-2-1(3(5)9)6-8-7-2/h1H,(H2,5,9)(H2,4,6,7). The molecular weight excluding hydrogens is 122 g/mol. The Balaban J connectivity index is 2.74. The van der Waals surface area contributed by atoms with Crippen molar-refractivity contribution in [3.05, 3.63) is 0 Å². The highest BCUT2D eigenvalue weighted by Gasteiger charge is 2.22. The summed E-state index contributed by atoms with van der Waals surface area (Å²) in [6.45, 7) is 0.